The quantitative estimate of drug-likeness (QED) is 0.461. The highest BCUT2D eigenvalue weighted by molar-refractivity contribution is 5.96. The third-order valence-corrected chi connectivity index (χ3v) is 2.21. The van der Waals surface area contributed by atoms with Crippen LogP contribution in [-0.4, -0.2) is 26.2 Å². The SMILES string of the molecule is CC(C)n1nc(C=NO)c2cnccc21. The van der Waals surface area contributed by atoms with Crippen LogP contribution >= 0.6 is 0 Å². The van der Waals surface area contributed by atoms with Gasteiger partial charge in [-0.2, -0.15) is 5.10 Å². The standard InChI is InChI=1S/C10H12N4O/c1-7(2)14-10-3-4-11-5-8(10)9(13-14)6-12-15/h3-7,15H,1-2H3. The highest BCUT2D eigenvalue weighted by Gasteiger charge is 2.10. The Morgan fingerprint density at radius 1 is 1.53 bits per heavy atom. The van der Waals surface area contributed by atoms with E-state index in [1.54, 1.807) is 12.4 Å². The summed E-state index contributed by atoms with van der Waals surface area (Å²) < 4.78 is 1.88. The molecule has 2 aromatic rings. The van der Waals surface area contributed by atoms with E-state index >= 15 is 0 Å². The molecule has 0 aliphatic carbocycles. The molecule has 5 nitrogen and oxygen atoms in total. The van der Waals surface area contributed by atoms with Crippen molar-refractivity contribution in [3.05, 3.63) is 24.2 Å². The van der Waals surface area contributed by atoms with E-state index in [9.17, 15) is 0 Å². The van der Waals surface area contributed by atoms with Gasteiger partial charge in [0.05, 0.1) is 11.7 Å². The van der Waals surface area contributed by atoms with E-state index in [0.717, 1.165) is 10.9 Å². The normalized spacial score (nSPS) is 11.9. The highest BCUT2D eigenvalue weighted by Crippen LogP contribution is 2.19. The zero-order valence-electron chi connectivity index (χ0n) is 8.62. The summed E-state index contributed by atoms with van der Waals surface area (Å²) in [5, 5.41) is 16.8. The number of hydrogen-bond donors (Lipinski definition) is 1. The second-order valence-electron chi connectivity index (χ2n) is 3.56. The predicted molar refractivity (Wildman–Crippen MR) is 57.3 cm³/mol. The fraction of sp³-hybridized carbons (Fsp3) is 0.300. The average molecular weight is 204 g/mol. The monoisotopic (exact) mass is 204 g/mol. The molecule has 0 unspecified atom stereocenters. The molecule has 0 aliphatic heterocycles. The number of oxime groups is 1. The average Bonchev–Trinajstić information content (AvgIpc) is 2.59. The van der Waals surface area contributed by atoms with Gasteiger partial charge in [-0.05, 0) is 19.9 Å². The van der Waals surface area contributed by atoms with Gasteiger partial charge in [0, 0.05) is 23.8 Å². The number of pyridine rings is 1. The Morgan fingerprint density at radius 3 is 3.00 bits per heavy atom. The maximum Gasteiger partial charge on any atom is 0.116 e. The molecular formula is C10H12N4O. The van der Waals surface area contributed by atoms with Crippen molar-refractivity contribution >= 4 is 17.1 Å². The molecule has 0 fully saturated rings. The van der Waals surface area contributed by atoms with Gasteiger partial charge in [-0.1, -0.05) is 5.16 Å². The minimum absolute atomic E-state index is 0.260. The summed E-state index contributed by atoms with van der Waals surface area (Å²) in [6, 6.07) is 2.16. The largest absolute Gasteiger partial charge is 0.411 e. The van der Waals surface area contributed by atoms with Crippen LogP contribution in [0.3, 0.4) is 0 Å². The third kappa shape index (κ3) is 1.56. The number of nitrogens with zero attached hydrogens (tertiary/aromatic N) is 4. The zero-order valence-corrected chi connectivity index (χ0v) is 8.62. The first kappa shape index (κ1) is 9.64. The Kier molecular flexibility index (Phi) is 2.37. The van der Waals surface area contributed by atoms with Crippen molar-refractivity contribution in [2.75, 3.05) is 0 Å². The Balaban J connectivity index is 2.73. The summed E-state index contributed by atoms with van der Waals surface area (Å²) in [4.78, 5) is 4.03. The molecule has 0 aromatic carbocycles. The van der Waals surface area contributed by atoms with Gasteiger partial charge < -0.3 is 5.21 Å². The van der Waals surface area contributed by atoms with Crippen LogP contribution in [0.15, 0.2) is 23.6 Å². The van der Waals surface area contributed by atoms with Gasteiger partial charge in [-0.3, -0.25) is 9.67 Å². The third-order valence-electron chi connectivity index (χ3n) is 2.21. The Morgan fingerprint density at radius 2 is 2.33 bits per heavy atom. The van der Waals surface area contributed by atoms with Crippen LogP contribution in [0.1, 0.15) is 25.6 Å². The number of hydrogen-bond acceptors (Lipinski definition) is 4. The fourth-order valence-electron chi connectivity index (χ4n) is 1.55. The second-order valence-corrected chi connectivity index (χ2v) is 3.56. The van der Waals surface area contributed by atoms with Gasteiger partial charge in [-0.15, -0.1) is 0 Å². The van der Waals surface area contributed by atoms with Crippen molar-refractivity contribution in [3.8, 4) is 0 Å². The van der Waals surface area contributed by atoms with Gasteiger partial charge in [0.15, 0.2) is 0 Å². The smallest absolute Gasteiger partial charge is 0.116 e. The summed E-state index contributed by atoms with van der Waals surface area (Å²) in [7, 11) is 0. The summed E-state index contributed by atoms with van der Waals surface area (Å²) in [5.74, 6) is 0. The molecule has 0 bridgehead atoms. The van der Waals surface area contributed by atoms with E-state index in [1.165, 1.54) is 6.21 Å². The van der Waals surface area contributed by atoms with Crippen molar-refractivity contribution in [3.63, 3.8) is 0 Å². The van der Waals surface area contributed by atoms with Crippen LogP contribution in [0.5, 0.6) is 0 Å². The molecule has 0 atom stereocenters. The van der Waals surface area contributed by atoms with Gasteiger partial charge in [0.25, 0.3) is 0 Å². The Bertz CT molecular complexity index is 501. The molecule has 1 N–H and O–H groups in total. The molecule has 78 valence electrons. The molecule has 2 aromatic heterocycles. The number of fused-ring (bicyclic) bond motifs is 1. The van der Waals surface area contributed by atoms with Crippen LogP contribution in [0.25, 0.3) is 10.9 Å². The van der Waals surface area contributed by atoms with Crippen LogP contribution < -0.4 is 0 Å². The van der Waals surface area contributed by atoms with Crippen LogP contribution in [0.2, 0.25) is 0 Å². The van der Waals surface area contributed by atoms with Gasteiger partial charge in [0.2, 0.25) is 0 Å². The van der Waals surface area contributed by atoms with Crippen molar-refractivity contribution < 1.29 is 5.21 Å². The first-order valence-electron chi connectivity index (χ1n) is 4.73. The molecule has 0 aliphatic rings. The molecule has 0 saturated carbocycles. The molecule has 0 saturated heterocycles. The van der Waals surface area contributed by atoms with Gasteiger partial charge in [0.1, 0.15) is 5.69 Å². The van der Waals surface area contributed by atoms with E-state index < -0.39 is 0 Å². The Labute approximate surface area is 87.0 Å². The number of rotatable bonds is 2. The highest BCUT2D eigenvalue weighted by atomic mass is 16.4. The van der Waals surface area contributed by atoms with E-state index in [2.05, 4.69) is 15.2 Å². The minimum Gasteiger partial charge on any atom is -0.411 e. The van der Waals surface area contributed by atoms with Crippen LogP contribution in [-0.2, 0) is 0 Å². The molecule has 2 heterocycles. The van der Waals surface area contributed by atoms with Crippen molar-refractivity contribution in [1.82, 2.24) is 14.8 Å². The van der Waals surface area contributed by atoms with Crippen molar-refractivity contribution in [2.45, 2.75) is 19.9 Å². The van der Waals surface area contributed by atoms with Gasteiger partial charge >= 0.3 is 0 Å². The fourth-order valence-corrected chi connectivity index (χ4v) is 1.55. The lowest BCUT2D eigenvalue weighted by atomic mass is 10.2. The molecule has 2 rings (SSSR count). The topological polar surface area (TPSA) is 63.3 Å². The van der Waals surface area contributed by atoms with Crippen molar-refractivity contribution in [1.29, 1.82) is 0 Å². The maximum atomic E-state index is 8.53. The van der Waals surface area contributed by atoms with Gasteiger partial charge in [-0.25, -0.2) is 0 Å². The number of aromatic nitrogens is 3. The van der Waals surface area contributed by atoms with E-state index in [0.29, 0.717) is 5.69 Å². The Hall–Kier alpha value is -1.91. The lowest BCUT2D eigenvalue weighted by Gasteiger charge is -2.05. The molecular weight excluding hydrogens is 192 g/mol. The molecule has 5 heteroatoms. The second kappa shape index (κ2) is 3.68. The summed E-state index contributed by atoms with van der Waals surface area (Å²) in [6.07, 6.45) is 4.77. The first-order chi connectivity index (χ1) is 7.24. The van der Waals surface area contributed by atoms with Crippen molar-refractivity contribution in [2.24, 2.45) is 5.16 Å². The lowest BCUT2D eigenvalue weighted by Crippen LogP contribution is -2.02. The van der Waals surface area contributed by atoms with E-state index in [-0.39, 0.29) is 6.04 Å². The van der Waals surface area contributed by atoms with Crippen LogP contribution in [0.4, 0.5) is 0 Å². The summed E-state index contributed by atoms with van der Waals surface area (Å²) >= 11 is 0. The van der Waals surface area contributed by atoms with E-state index in [1.807, 2.05) is 24.6 Å². The maximum absolute atomic E-state index is 8.53. The minimum atomic E-state index is 0.260. The molecule has 0 spiro atoms. The summed E-state index contributed by atoms with van der Waals surface area (Å²) in [5.41, 5.74) is 1.63. The van der Waals surface area contributed by atoms with Crippen LogP contribution in [0, 0.1) is 0 Å². The van der Waals surface area contributed by atoms with E-state index in [4.69, 9.17) is 5.21 Å². The molecule has 0 radical (unpaired) electrons. The zero-order chi connectivity index (χ0) is 10.8. The molecule has 0 amide bonds. The predicted octanol–water partition coefficient (Wildman–Crippen LogP) is 1.82. The lowest BCUT2D eigenvalue weighted by molar-refractivity contribution is 0.321. The molecule has 15 heavy (non-hydrogen) atoms. The first-order valence-corrected chi connectivity index (χ1v) is 4.73. The summed E-state index contributed by atoms with van der Waals surface area (Å²) in [6.45, 7) is 4.10.